The molecule has 0 saturated heterocycles. The molecule has 0 aliphatic carbocycles. The Morgan fingerprint density at radius 2 is 2.27 bits per heavy atom. The number of aromatic nitrogens is 1. The molecule has 1 aromatic rings. The van der Waals surface area contributed by atoms with Gasteiger partial charge in [-0.15, -0.1) is 0 Å². The fourth-order valence-electron chi connectivity index (χ4n) is 1.07. The van der Waals surface area contributed by atoms with Crippen molar-refractivity contribution in [3.8, 4) is 0 Å². The first-order valence-electron chi connectivity index (χ1n) is 4.19. The predicted molar refractivity (Wildman–Crippen MR) is 55.9 cm³/mol. The summed E-state index contributed by atoms with van der Waals surface area (Å²) in [4.78, 5) is 14.9. The number of nitrogens with zero attached hydrogens (tertiary/aromatic N) is 2. The van der Waals surface area contributed by atoms with Gasteiger partial charge in [-0.25, -0.2) is 15.6 Å². The van der Waals surface area contributed by atoms with Gasteiger partial charge >= 0.3 is 5.97 Å². The third-order valence-corrected chi connectivity index (χ3v) is 1.74. The second kappa shape index (κ2) is 4.43. The van der Waals surface area contributed by atoms with E-state index in [4.69, 9.17) is 16.7 Å². The van der Waals surface area contributed by atoms with Crippen LogP contribution in [0.1, 0.15) is 16.1 Å². The fourth-order valence-corrected chi connectivity index (χ4v) is 1.07. The maximum Gasteiger partial charge on any atom is 0.339 e. The molecule has 0 spiro atoms. The van der Waals surface area contributed by atoms with E-state index in [0.717, 1.165) is 5.01 Å². The topological polar surface area (TPSA) is 105 Å². The van der Waals surface area contributed by atoms with Crippen LogP contribution in [0.15, 0.2) is 24.5 Å². The first kappa shape index (κ1) is 11.0. The van der Waals surface area contributed by atoms with Gasteiger partial charge in [0.2, 0.25) is 0 Å². The molecule has 6 heteroatoms. The average Bonchev–Trinajstić information content (AvgIpc) is 2.17. The Balaban J connectivity index is 3.23. The largest absolute Gasteiger partial charge is 0.478 e. The molecule has 1 rings (SSSR count). The van der Waals surface area contributed by atoms with Crippen LogP contribution in [-0.4, -0.2) is 16.1 Å². The highest BCUT2D eigenvalue weighted by atomic mass is 16.4. The average molecular weight is 208 g/mol. The summed E-state index contributed by atoms with van der Waals surface area (Å²) in [6.45, 7) is 1.75. The number of hydrogen-bond acceptors (Lipinski definition) is 5. The number of pyridine rings is 1. The van der Waals surface area contributed by atoms with Gasteiger partial charge in [0.25, 0.3) is 0 Å². The molecular formula is C9H12N4O2. The third kappa shape index (κ3) is 2.44. The quantitative estimate of drug-likeness (QED) is 0.484. The lowest BCUT2D eigenvalue weighted by atomic mass is 10.2. The summed E-state index contributed by atoms with van der Waals surface area (Å²) in [5.74, 6) is 4.63. The van der Waals surface area contributed by atoms with Gasteiger partial charge < -0.3 is 10.8 Å². The number of aryl methyl sites for hydroxylation is 1. The van der Waals surface area contributed by atoms with Gasteiger partial charge in [0, 0.05) is 18.1 Å². The zero-order chi connectivity index (χ0) is 11.4. The van der Waals surface area contributed by atoms with Gasteiger partial charge in [0.05, 0.1) is 0 Å². The van der Waals surface area contributed by atoms with Crippen LogP contribution in [0.4, 0.5) is 5.82 Å². The normalized spacial score (nSPS) is 10.5. The van der Waals surface area contributed by atoms with E-state index >= 15 is 0 Å². The Labute approximate surface area is 86.8 Å². The Morgan fingerprint density at radius 3 is 2.80 bits per heavy atom. The summed E-state index contributed by atoms with van der Waals surface area (Å²) >= 11 is 0. The first-order valence-corrected chi connectivity index (χ1v) is 4.19. The monoisotopic (exact) mass is 208 g/mol. The molecule has 1 aromatic heterocycles. The van der Waals surface area contributed by atoms with Crippen molar-refractivity contribution in [1.82, 2.24) is 4.98 Å². The number of nitrogens with two attached hydrogens (primary N) is 2. The van der Waals surface area contributed by atoms with Crippen LogP contribution in [0.25, 0.3) is 0 Å². The summed E-state index contributed by atoms with van der Waals surface area (Å²) in [5, 5.41) is 9.96. The molecule has 0 atom stereocenters. The van der Waals surface area contributed by atoms with E-state index in [0.29, 0.717) is 5.69 Å². The molecule has 0 amide bonds. The molecular weight excluding hydrogens is 196 g/mol. The van der Waals surface area contributed by atoms with Crippen molar-refractivity contribution >= 4 is 11.8 Å². The van der Waals surface area contributed by atoms with Gasteiger partial charge in [0.15, 0.2) is 5.82 Å². The summed E-state index contributed by atoms with van der Waals surface area (Å²) in [6.07, 6.45) is 2.53. The van der Waals surface area contributed by atoms with E-state index in [2.05, 4.69) is 4.98 Å². The molecule has 0 aliphatic rings. The van der Waals surface area contributed by atoms with E-state index in [1.807, 2.05) is 0 Å². The van der Waals surface area contributed by atoms with Crippen molar-refractivity contribution < 1.29 is 9.90 Å². The van der Waals surface area contributed by atoms with Crippen LogP contribution in [0.2, 0.25) is 0 Å². The molecule has 0 radical (unpaired) electrons. The summed E-state index contributed by atoms with van der Waals surface area (Å²) in [5.41, 5.74) is 5.86. The minimum Gasteiger partial charge on any atom is -0.478 e. The number of carbonyl (C=O) groups is 1. The van der Waals surface area contributed by atoms with Crippen molar-refractivity contribution in [1.29, 1.82) is 0 Å². The highest BCUT2D eigenvalue weighted by Gasteiger charge is 2.14. The Hall–Kier alpha value is -2.08. The molecule has 5 N–H and O–H groups in total. The highest BCUT2D eigenvalue weighted by Crippen LogP contribution is 2.16. The standard InChI is InChI=1S/C9H12N4O2/c1-6-2-3-7(9(14)15)8(12-6)13(11)5-4-10/h2-5H,10-11H2,1H3,(H,14,15)/b5-4-. The van der Waals surface area contributed by atoms with Crippen LogP contribution in [0.5, 0.6) is 0 Å². The smallest absolute Gasteiger partial charge is 0.339 e. The van der Waals surface area contributed by atoms with Crippen LogP contribution >= 0.6 is 0 Å². The van der Waals surface area contributed by atoms with Crippen molar-refractivity contribution in [2.24, 2.45) is 11.6 Å². The van der Waals surface area contributed by atoms with Crippen molar-refractivity contribution in [3.63, 3.8) is 0 Å². The lowest BCUT2D eigenvalue weighted by molar-refractivity contribution is 0.0697. The summed E-state index contributed by atoms with van der Waals surface area (Å²) in [6, 6.07) is 3.05. The van der Waals surface area contributed by atoms with E-state index in [1.54, 1.807) is 13.0 Å². The molecule has 0 bridgehead atoms. The highest BCUT2D eigenvalue weighted by molar-refractivity contribution is 5.93. The van der Waals surface area contributed by atoms with E-state index in [1.165, 1.54) is 18.5 Å². The van der Waals surface area contributed by atoms with Crippen LogP contribution < -0.4 is 16.6 Å². The minimum atomic E-state index is -1.08. The van der Waals surface area contributed by atoms with Gasteiger partial charge in [-0.3, -0.25) is 5.01 Å². The van der Waals surface area contributed by atoms with Crippen LogP contribution in [-0.2, 0) is 0 Å². The van der Waals surface area contributed by atoms with Crippen LogP contribution in [0.3, 0.4) is 0 Å². The van der Waals surface area contributed by atoms with Gasteiger partial charge in [-0.2, -0.15) is 0 Å². The number of hydrogen-bond donors (Lipinski definition) is 3. The fraction of sp³-hybridized carbons (Fsp3) is 0.111. The Kier molecular flexibility index (Phi) is 3.25. The lowest BCUT2D eigenvalue weighted by Gasteiger charge is -2.14. The third-order valence-electron chi connectivity index (χ3n) is 1.74. The van der Waals surface area contributed by atoms with E-state index < -0.39 is 5.97 Å². The molecule has 6 nitrogen and oxygen atoms in total. The van der Waals surface area contributed by atoms with Gasteiger partial charge in [-0.1, -0.05) is 0 Å². The van der Waals surface area contributed by atoms with E-state index in [9.17, 15) is 4.79 Å². The Morgan fingerprint density at radius 1 is 1.60 bits per heavy atom. The SMILES string of the molecule is Cc1ccc(C(=O)O)c(N(N)/C=C\N)n1. The summed E-state index contributed by atoms with van der Waals surface area (Å²) in [7, 11) is 0. The van der Waals surface area contributed by atoms with Crippen molar-refractivity contribution in [2.45, 2.75) is 6.92 Å². The maximum absolute atomic E-state index is 10.9. The molecule has 15 heavy (non-hydrogen) atoms. The van der Waals surface area contributed by atoms with E-state index in [-0.39, 0.29) is 11.4 Å². The maximum atomic E-state index is 10.9. The van der Waals surface area contributed by atoms with Crippen molar-refractivity contribution in [2.75, 3.05) is 5.01 Å². The molecule has 0 aromatic carbocycles. The number of rotatable bonds is 3. The number of carboxylic acid groups (broad SMARTS) is 1. The molecule has 1 heterocycles. The number of anilines is 1. The molecule has 80 valence electrons. The Bertz CT molecular complexity index is 403. The number of hydrazine groups is 1. The second-order valence-corrected chi connectivity index (χ2v) is 2.88. The van der Waals surface area contributed by atoms with Crippen LogP contribution in [0, 0.1) is 6.92 Å². The first-order chi connectivity index (χ1) is 7.06. The molecule has 0 aliphatic heterocycles. The zero-order valence-corrected chi connectivity index (χ0v) is 8.21. The van der Waals surface area contributed by atoms with Gasteiger partial charge in [0.1, 0.15) is 5.56 Å². The van der Waals surface area contributed by atoms with Crippen molar-refractivity contribution in [3.05, 3.63) is 35.8 Å². The number of aromatic carboxylic acids is 1. The molecule has 0 fully saturated rings. The predicted octanol–water partition coefficient (Wildman–Crippen LogP) is 0.198. The molecule has 0 unspecified atom stereocenters. The summed E-state index contributed by atoms with van der Waals surface area (Å²) < 4.78 is 0. The zero-order valence-electron chi connectivity index (χ0n) is 8.21. The number of carboxylic acids is 1. The second-order valence-electron chi connectivity index (χ2n) is 2.88. The lowest BCUT2D eigenvalue weighted by Crippen LogP contribution is -2.28. The minimum absolute atomic E-state index is 0.0289. The van der Waals surface area contributed by atoms with Gasteiger partial charge in [-0.05, 0) is 19.1 Å². The molecule has 0 saturated carbocycles.